The Labute approximate surface area is 119 Å². The van der Waals surface area contributed by atoms with Gasteiger partial charge >= 0.3 is 12.3 Å². The van der Waals surface area contributed by atoms with Crippen LogP contribution >= 0.6 is 0 Å². The molecule has 0 aromatic heterocycles. The van der Waals surface area contributed by atoms with Crippen LogP contribution in [-0.2, 0) is 10.9 Å². The van der Waals surface area contributed by atoms with Crippen molar-refractivity contribution in [1.29, 1.82) is 0 Å². The summed E-state index contributed by atoms with van der Waals surface area (Å²) in [5.74, 6) is -1.74. The van der Waals surface area contributed by atoms with Crippen LogP contribution in [0.3, 0.4) is 0 Å². The third kappa shape index (κ3) is 4.80. The van der Waals surface area contributed by atoms with Crippen LogP contribution in [-0.4, -0.2) is 18.8 Å². The lowest BCUT2D eigenvalue weighted by atomic mass is 10.1. The smallest absolute Gasteiger partial charge is 0.416 e. The fourth-order valence-corrected chi connectivity index (χ4v) is 1.41. The highest BCUT2D eigenvalue weighted by molar-refractivity contribution is 5.85. The predicted molar refractivity (Wildman–Crippen MR) is 67.8 cm³/mol. The monoisotopic (exact) mass is 309 g/mol. The van der Waals surface area contributed by atoms with E-state index in [0.717, 1.165) is 7.11 Å². The van der Waals surface area contributed by atoms with Crippen LogP contribution in [0.4, 0.5) is 28.0 Å². The van der Waals surface area contributed by atoms with Gasteiger partial charge in [-0.15, -0.1) is 0 Å². The molecule has 0 aliphatic rings. The van der Waals surface area contributed by atoms with Crippen LogP contribution in [0.15, 0.2) is 12.1 Å². The zero-order valence-corrected chi connectivity index (χ0v) is 11.9. The van der Waals surface area contributed by atoms with E-state index < -0.39 is 40.7 Å². The summed E-state index contributed by atoms with van der Waals surface area (Å²) in [7, 11) is 1.02. The van der Waals surface area contributed by atoms with Gasteiger partial charge in [0.05, 0.1) is 18.4 Å². The highest BCUT2D eigenvalue weighted by Crippen LogP contribution is 2.36. The lowest BCUT2D eigenvalue weighted by molar-refractivity contribution is -0.137. The van der Waals surface area contributed by atoms with Crippen molar-refractivity contribution in [1.82, 2.24) is 0 Å². The molecule has 0 aliphatic heterocycles. The number of benzene rings is 1. The highest BCUT2D eigenvalue weighted by Gasteiger charge is 2.33. The summed E-state index contributed by atoms with van der Waals surface area (Å²) in [5.41, 5.74) is -2.69. The molecule has 0 saturated heterocycles. The van der Waals surface area contributed by atoms with Crippen LogP contribution in [0.25, 0.3) is 0 Å². The Kier molecular flexibility index (Phi) is 4.70. The molecule has 0 unspecified atom stereocenters. The summed E-state index contributed by atoms with van der Waals surface area (Å²) >= 11 is 0. The number of hydrogen-bond acceptors (Lipinski definition) is 3. The van der Waals surface area contributed by atoms with Gasteiger partial charge in [0.15, 0.2) is 11.6 Å². The Balaban J connectivity index is 3.14. The number of carbonyl (C=O) groups excluding carboxylic acids is 1. The summed E-state index contributed by atoms with van der Waals surface area (Å²) in [5, 5.41) is 1.94. The number of hydrogen-bond donors (Lipinski definition) is 1. The topological polar surface area (TPSA) is 47.6 Å². The summed E-state index contributed by atoms with van der Waals surface area (Å²) < 4.78 is 61.4. The fourth-order valence-electron chi connectivity index (χ4n) is 1.41. The van der Waals surface area contributed by atoms with E-state index in [1.807, 2.05) is 5.32 Å². The fraction of sp³-hybridized carbons (Fsp3) is 0.462. The number of carbonyl (C=O) groups is 1. The van der Waals surface area contributed by atoms with Gasteiger partial charge in [-0.2, -0.15) is 13.2 Å². The number of nitrogens with one attached hydrogen (secondary N) is 1. The Morgan fingerprint density at radius 2 is 1.76 bits per heavy atom. The second kappa shape index (κ2) is 5.79. The van der Waals surface area contributed by atoms with Gasteiger partial charge < -0.3 is 9.47 Å². The van der Waals surface area contributed by atoms with Crippen LogP contribution < -0.4 is 10.1 Å². The maximum Gasteiger partial charge on any atom is 0.416 e. The number of amides is 1. The Morgan fingerprint density at radius 1 is 1.19 bits per heavy atom. The number of rotatable bonds is 2. The SMILES string of the molecule is COc1cc(C(F)(F)F)cc(NC(=O)OC(C)(C)C)c1F. The van der Waals surface area contributed by atoms with E-state index >= 15 is 0 Å². The van der Waals surface area contributed by atoms with Crippen molar-refractivity contribution in [3.8, 4) is 5.75 Å². The second-order valence-corrected chi connectivity index (χ2v) is 5.16. The molecule has 0 bridgehead atoms. The normalized spacial score (nSPS) is 12.0. The number of halogens is 4. The third-order valence-corrected chi connectivity index (χ3v) is 2.22. The number of alkyl halides is 3. The van der Waals surface area contributed by atoms with Crippen molar-refractivity contribution in [2.24, 2.45) is 0 Å². The predicted octanol–water partition coefficient (Wildman–Crippen LogP) is 4.20. The summed E-state index contributed by atoms with van der Waals surface area (Å²) in [6, 6.07) is 0.984. The largest absolute Gasteiger partial charge is 0.494 e. The van der Waals surface area contributed by atoms with Gasteiger partial charge in [-0.05, 0) is 32.9 Å². The van der Waals surface area contributed by atoms with Crippen LogP contribution in [0.5, 0.6) is 5.75 Å². The zero-order chi connectivity index (χ0) is 16.4. The second-order valence-electron chi connectivity index (χ2n) is 5.16. The van der Waals surface area contributed by atoms with Gasteiger partial charge in [-0.1, -0.05) is 0 Å². The number of ether oxygens (including phenoxy) is 2. The van der Waals surface area contributed by atoms with Gasteiger partial charge in [0.2, 0.25) is 0 Å². The van der Waals surface area contributed by atoms with Gasteiger partial charge in [-0.25, -0.2) is 9.18 Å². The van der Waals surface area contributed by atoms with Crippen molar-refractivity contribution in [2.75, 3.05) is 12.4 Å². The molecule has 4 nitrogen and oxygen atoms in total. The summed E-state index contributed by atoms with van der Waals surface area (Å²) in [6.45, 7) is 4.70. The van der Waals surface area contributed by atoms with Crippen LogP contribution in [0, 0.1) is 5.82 Å². The van der Waals surface area contributed by atoms with Crippen molar-refractivity contribution in [3.63, 3.8) is 0 Å². The van der Waals surface area contributed by atoms with Crippen molar-refractivity contribution in [2.45, 2.75) is 32.5 Å². The maximum atomic E-state index is 13.9. The summed E-state index contributed by atoms with van der Waals surface area (Å²) in [6.07, 6.45) is -5.77. The van der Waals surface area contributed by atoms with Crippen LogP contribution in [0.1, 0.15) is 26.3 Å². The summed E-state index contributed by atoms with van der Waals surface area (Å²) in [4.78, 5) is 11.5. The first-order valence-electron chi connectivity index (χ1n) is 5.89. The first-order valence-corrected chi connectivity index (χ1v) is 5.89. The van der Waals surface area contributed by atoms with Crippen molar-refractivity contribution >= 4 is 11.8 Å². The minimum absolute atomic E-state index is 0.474. The van der Waals surface area contributed by atoms with Gasteiger partial charge in [0, 0.05) is 0 Å². The molecular weight excluding hydrogens is 294 g/mol. The molecule has 1 aromatic rings. The number of methoxy groups -OCH3 is 1. The molecule has 21 heavy (non-hydrogen) atoms. The van der Waals surface area contributed by atoms with Gasteiger partial charge in [0.1, 0.15) is 5.60 Å². The molecule has 1 rings (SSSR count). The minimum atomic E-state index is -4.70. The molecular formula is C13H15F4NO3. The van der Waals surface area contributed by atoms with E-state index in [0.29, 0.717) is 12.1 Å². The Bertz CT molecular complexity index is 535. The first-order chi connectivity index (χ1) is 9.44. The highest BCUT2D eigenvalue weighted by atomic mass is 19.4. The van der Waals surface area contributed by atoms with Gasteiger partial charge in [0.25, 0.3) is 0 Å². The standard InChI is InChI=1S/C13H15F4NO3/c1-12(2,3)21-11(19)18-8-5-7(13(15,16)17)6-9(20-4)10(8)14/h5-6H,1-4H3,(H,18,19). The number of anilines is 1. The molecule has 0 aliphatic carbocycles. The Hall–Kier alpha value is -1.99. The van der Waals surface area contributed by atoms with Crippen LogP contribution in [0.2, 0.25) is 0 Å². The first kappa shape index (κ1) is 17.1. The average Bonchev–Trinajstić information content (AvgIpc) is 2.27. The lowest BCUT2D eigenvalue weighted by Gasteiger charge is -2.20. The van der Waals surface area contributed by atoms with Gasteiger partial charge in [-0.3, -0.25) is 5.32 Å². The molecule has 0 atom stereocenters. The molecule has 0 radical (unpaired) electrons. The van der Waals surface area contributed by atoms with Crippen molar-refractivity contribution < 1.29 is 31.8 Å². The molecule has 1 amide bonds. The molecule has 118 valence electrons. The molecule has 0 saturated carbocycles. The van der Waals surface area contributed by atoms with E-state index in [9.17, 15) is 22.4 Å². The molecule has 1 aromatic carbocycles. The van der Waals surface area contributed by atoms with E-state index in [1.165, 1.54) is 0 Å². The lowest BCUT2D eigenvalue weighted by Crippen LogP contribution is -2.27. The maximum absolute atomic E-state index is 13.9. The van der Waals surface area contributed by atoms with Crippen molar-refractivity contribution in [3.05, 3.63) is 23.5 Å². The molecule has 0 fully saturated rings. The van der Waals surface area contributed by atoms with E-state index in [2.05, 4.69) is 4.74 Å². The molecule has 0 spiro atoms. The molecule has 8 heteroatoms. The quantitative estimate of drug-likeness (QED) is 0.833. The molecule has 0 heterocycles. The zero-order valence-electron chi connectivity index (χ0n) is 11.9. The Morgan fingerprint density at radius 3 is 2.19 bits per heavy atom. The molecule has 1 N–H and O–H groups in total. The van der Waals surface area contributed by atoms with E-state index in [-0.39, 0.29) is 0 Å². The third-order valence-electron chi connectivity index (χ3n) is 2.22. The average molecular weight is 309 g/mol. The van der Waals surface area contributed by atoms with E-state index in [1.54, 1.807) is 20.8 Å². The van der Waals surface area contributed by atoms with E-state index in [4.69, 9.17) is 4.74 Å². The minimum Gasteiger partial charge on any atom is -0.494 e.